The van der Waals surface area contributed by atoms with Crippen molar-refractivity contribution in [2.75, 3.05) is 7.11 Å². The summed E-state index contributed by atoms with van der Waals surface area (Å²) in [6, 6.07) is 6.92. The Labute approximate surface area is 101 Å². The number of nitrogens with zero attached hydrogens (tertiary/aromatic N) is 1. The first-order valence-corrected chi connectivity index (χ1v) is 6.08. The fourth-order valence-electron chi connectivity index (χ4n) is 2.78. The SMILES string of the molecule is COc1ccc2c3c(n(C)c2c1)CNC(C)C3. The molecule has 3 nitrogen and oxygen atoms in total. The van der Waals surface area contributed by atoms with Crippen molar-refractivity contribution >= 4 is 10.9 Å². The summed E-state index contributed by atoms with van der Waals surface area (Å²) in [7, 11) is 3.85. The lowest BCUT2D eigenvalue weighted by molar-refractivity contribution is 0.415. The van der Waals surface area contributed by atoms with Crippen molar-refractivity contribution in [3.05, 3.63) is 29.5 Å². The molecule has 90 valence electrons. The first-order chi connectivity index (χ1) is 8.20. The quantitative estimate of drug-likeness (QED) is 0.813. The summed E-state index contributed by atoms with van der Waals surface area (Å²) in [5, 5.41) is 4.89. The van der Waals surface area contributed by atoms with Crippen LogP contribution in [0.25, 0.3) is 10.9 Å². The van der Waals surface area contributed by atoms with Crippen molar-refractivity contribution in [2.45, 2.75) is 25.9 Å². The van der Waals surface area contributed by atoms with Crippen molar-refractivity contribution in [1.29, 1.82) is 0 Å². The predicted molar refractivity (Wildman–Crippen MR) is 69.5 cm³/mol. The van der Waals surface area contributed by atoms with Crippen molar-refractivity contribution in [2.24, 2.45) is 7.05 Å². The molecule has 1 atom stereocenters. The largest absolute Gasteiger partial charge is 0.497 e. The second kappa shape index (κ2) is 3.77. The Morgan fingerprint density at radius 1 is 1.41 bits per heavy atom. The summed E-state index contributed by atoms with van der Waals surface area (Å²) in [4.78, 5) is 0. The minimum Gasteiger partial charge on any atom is -0.497 e. The molecule has 1 N–H and O–H groups in total. The van der Waals surface area contributed by atoms with E-state index in [1.165, 1.54) is 22.2 Å². The highest BCUT2D eigenvalue weighted by Crippen LogP contribution is 2.31. The van der Waals surface area contributed by atoms with Crippen LogP contribution in [-0.4, -0.2) is 17.7 Å². The molecule has 1 aromatic carbocycles. The van der Waals surface area contributed by atoms with Gasteiger partial charge in [-0.1, -0.05) is 0 Å². The van der Waals surface area contributed by atoms with E-state index in [0.717, 1.165) is 18.7 Å². The lowest BCUT2D eigenvalue weighted by Crippen LogP contribution is -2.33. The van der Waals surface area contributed by atoms with Gasteiger partial charge >= 0.3 is 0 Å². The van der Waals surface area contributed by atoms with E-state index in [0.29, 0.717) is 6.04 Å². The molecule has 1 aliphatic rings. The highest BCUT2D eigenvalue weighted by molar-refractivity contribution is 5.87. The number of aromatic nitrogens is 1. The molecule has 0 fully saturated rings. The third-order valence-corrected chi connectivity index (χ3v) is 3.77. The molecule has 0 aliphatic carbocycles. The number of methoxy groups -OCH3 is 1. The van der Waals surface area contributed by atoms with Crippen molar-refractivity contribution in [3.63, 3.8) is 0 Å². The molecular formula is C14H18N2O. The zero-order valence-electron chi connectivity index (χ0n) is 10.6. The number of fused-ring (bicyclic) bond motifs is 3. The molecule has 1 aliphatic heterocycles. The van der Waals surface area contributed by atoms with Gasteiger partial charge in [-0.3, -0.25) is 0 Å². The van der Waals surface area contributed by atoms with Gasteiger partial charge in [-0.15, -0.1) is 0 Å². The molecule has 0 radical (unpaired) electrons. The average Bonchev–Trinajstić information content (AvgIpc) is 2.62. The van der Waals surface area contributed by atoms with Crippen LogP contribution in [-0.2, 0) is 20.0 Å². The third kappa shape index (κ3) is 1.53. The molecule has 3 rings (SSSR count). The minimum atomic E-state index is 0.565. The molecule has 0 saturated heterocycles. The summed E-state index contributed by atoms with van der Waals surface area (Å²) in [6.45, 7) is 3.20. The predicted octanol–water partition coefficient (Wildman–Crippen LogP) is 2.22. The molecule has 0 spiro atoms. The average molecular weight is 230 g/mol. The minimum absolute atomic E-state index is 0.565. The Hall–Kier alpha value is -1.48. The van der Waals surface area contributed by atoms with Gasteiger partial charge in [-0.25, -0.2) is 0 Å². The standard InChI is InChI=1S/C14H18N2O/c1-9-6-12-11-5-4-10(17-3)7-13(11)16(2)14(12)8-15-9/h4-5,7,9,15H,6,8H2,1-3H3. The van der Waals surface area contributed by atoms with Crippen LogP contribution >= 0.6 is 0 Å². The van der Waals surface area contributed by atoms with Crippen LogP contribution < -0.4 is 10.1 Å². The van der Waals surface area contributed by atoms with E-state index in [-0.39, 0.29) is 0 Å². The highest BCUT2D eigenvalue weighted by Gasteiger charge is 2.21. The van der Waals surface area contributed by atoms with Crippen molar-refractivity contribution in [3.8, 4) is 5.75 Å². The van der Waals surface area contributed by atoms with Crippen molar-refractivity contribution in [1.82, 2.24) is 9.88 Å². The first kappa shape index (κ1) is 10.7. The zero-order chi connectivity index (χ0) is 12.0. The summed E-state index contributed by atoms with van der Waals surface area (Å²) in [6.07, 6.45) is 1.11. The van der Waals surface area contributed by atoms with Crippen LogP contribution in [0.15, 0.2) is 18.2 Å². The number of hydrogen-bond donors (Lipinski definition) is 1. The van der Waals surface area contributed by atoms with Gasteiger partial charge in [0.15, 0.2) is 0 Å². The van der Waals surface area contributed by atoms with Gasteiger partial charge in [-0.2, -0.15) is 0 Å². The number of nitrogens with one attached hydrogen (secondary N) is 1. The van der Waals surface area contributed by atoms with Gasteiger partial charge in [0.2, 0.25) is 0 Å². The van der Waals surface area contributed by atoms with Crippen LogP contribution in [0.5, 0.6) is 5.75 Å². The summed E-state index contributed by atoms with van der Waals surface area (Å²) >= 11 is 0. The summed E-state index contributed by atoms with van der Waals surface area (Å²) in [5.41, 5.74) is 4.17. The van der Waals surface area contributed by atoms with Crippen LogP contribution in [0.2, 0.25) is 0 Å². The van der Waals surface area contributed by atoms with Crippen molar-refractivity contribution < 1.29 is 4.74 Å². The summed E-state index contributed by atoms with van der Waals surface area (Å²) in [5.74, 6) is 0.927. The number of rotatable bonds is 1. The van der Waals surface area contributed by atoms with E-state index in [9.17, 15) is 0 Å². The topological polar surface area (TPSA) is 26.2 Å². The molecule has 0 saturated carbocycles. The third-order valence-electron chi connectivity index (χ3n) is 3.77. The van der Waals surface area contributed by atoms with E-state index in [4.69, 9.17) is 4.74 Å². The van der Waals surface area contributed by atoms with Crippen LogP contribution in [0, 0.1) is 0 Å². The van der Waals surface area contributed by atoms with Crippen LogP contribution in [0.3, 0.4) is 0 Å². The van der Waals surface area contributed by atoms with Gasteiger partial charge < -0.3 is 14.6 Å². The number of aryl methyl sites for hydroxylation is 1. The fourth-order valence-corrected chi connectivity index (χ4v) is 2.78. The second-order valence-electron chi connectivity index (χ2n) is 4.85. The molecule has 2 heterocycles. The summed E-state index contributed by atoms with van der Waals surface area (Å²) < 4.78 is 7.59. The van der Waals surface area contributed by atoms with Crippen LogP contribution in [0.1, 0.15) is 18.2 Å². The smallest absolute Gasteiger partial charge is 0.120 e. The fraction of sp³-hybridized carbons (Fsp3) is 0.429. The molecule has 17 heavy (non-hydrogen) atoms. The Kier molecular flexibility index (Phi) is 2.37. The Bertz CT molecular complexity index is 571. The lowest BCUT2D eigenvalue weighted by Gasteiger charge is -2.21. The first-order valence-electron chi connectivity index (χ1n) is 6.08. The van der Waals surface area contributed by atoms with Gasteiger partial charge in [0.25, 0.3) is 0 Å². The van der Waals surface area contributed by atoms with Crippen LogP contribution in [0.4, 0.5) is 0 Å². The van der Waals surface area contributed by atoms with Gasteiger partial charge in [0.05, 0.1) is 12.6 Å². The molecule has 1 unspecified atom stereocenters. The maximum absolute atomic E-state index is 5.30. The molecule has 0 amide bonds. The number of ether oxygens (including phenoxy) is 1. The lowest BCUT2D eigenvalue weighted by atomic mass is 10.00. The van der Waals surface area contributed by atoms with E-state index < -0.39 is 0 Å². The van der Waals surface area contributed by atoms with Gasteiger partial charge in [0, 0.05) is 36.8 Å². The second-order valence-corrected chi connectivity index (χ2v) is 4.85. The molecule has 1 aromatic heterocycles. The highest BCUT2D eigenvalue weighted by atomic mass is 16.5. The number of benzene rings is 1. The maximum atomic E-state index is 5.30. The molecule has 2 aromatic rings. The van der Waals surface area contributed by atoms with E-state index in [1.807, 2.05) is 0 Å². The Balaban J connectivity index is 2.26. The monoisotopic (exact) mass is 230 g/mol. The normalized spacial score (nSPS) is 19.4. The van der Waals surface area contributed by atoms with E-state index >= 15 is 0 Å². The molecular weight excluding hydrogens is 212 g/mol. The molecule has 0 bridgehead atoms. The molecule has 3 heteroatoms. The van der Waals surface area contributed by atoms with E-state index in [2.05, 4.69) is 42.1 Å². The number of hydrogen-bond acceptors (Lipinski definition) is 2. The Morgan fingerprint density at radius 3 is 3.00 bits per heavy atom. The Morgan fingerprint density at radius 2 is 2.24 bits per heavy atom. The zero-order valence-corrected chi connectivity index (χ0v) is 10.6. The van der Waals surface area contributed by atoms with Gasteiger partial charge in [0.1, 0.15) is 5.75 Å². The van der Waals surface area contributed by atoms with E-state index in [1.54, 1.807) is 7.11 Å². The maximum Gasteiger partial charge on any atom is 0.120 e. The van der Waals surface area contributed by atoms with Gasteiger partial charge in [-0.05, 0) is 31.0 Å².